The molecule has 0 bridgehead atoms. The molecule has 0 aromatic rings. The molecule has 0 aliphatic heterocycles. The van der Waals surface area contributed by atoms with E-state index in [1.165, 1.54) is 0 Å². The third-order valence-corrected chi connectivity index (χ3v) is 1.25. The fourth-order valence-electron chi connectivity index (χ4n) is 0.684. The van der Waals surface area contributed by atoms with Gasteiger partial charge in [-0.25, -0.2) is 0 Å². The number of aliphatic carboxylic acids is 3. The Morgan fingerprint density at radius 2 is 1.33 bits per heavy atom. The molecule has 0 atom stereocenters. The quantitative estimate of drug-likeness (QED) is 0.473. The number of rotatable bonds is 5. The first-order chi connectivity index (χ1) is 5.78. The van der Waals surface area contributed by atoms with Gasteiger partial charge in [0.25, 0.3) is 0 Å². The molecule has 0 radical (unpaired) electrons. The molecule has 0 amide bonds. The number of carbonyl (C=O) groups excluding carboxylic acids is 3. The minimum Gasteiger partial charge on any atom is -1.00 e. The molecule has 0 aromatic heterocycles. The second-order valence-corrected chi connectivity index (χ2v) is 2.42. The number of carboxylic acid groups (broad SMARTS) is 3. The van der Waals surface area contributed by atoms with E-state index in [1.54, 1.807) is 0 Å². The molecule has 0 spiro atoms. The van der Waals surface area contributed by atoms with Crippen LogP contribution in [0.5, 0.6) is 0 Å². The molecule has 0 aromatic carbocycles. The standard InChI is InChI=1S/C6H8O7.Al.Mg.2H/c7-3(8)1-6(13,5(11)12)2-4(9)10;;;;/h13H,1-2H2,(H,7,8)(H,9,10)(H,11,12);;;;/q;+3;+2;2*-1/p-3. The first-order valence-electron chi connectivity index (χ1n) is 3.11. The van der Waals surface area contributed by atoms with Crippen LogP contribution in [0.2, 0.25) is 0 Å². The molecule has 0 aliphatic carbocycles. The summed E-state index contributed by atoms with van der Waals surface area (Å²) in [7, 11) is 0. The van der Waals surface area contributed by atoms with Crippen LogP contribution in [0, 0.1) is 0 Å². The zero-order valence-electron chi connectivity index (χ0n) is 9.60. The van der Waals surface area contributed by atoms with Crippen molar-refractivity contribution in [1.29, 1.82) is 0 Å². The van der Waals surface area contributed by atoms with Crippen LogP contribution in [0.3, 0.4) is 0 Å². The van der Waals surface area contributed by atoms with E-state index < -0.39 is 36.4 Å². The Morgan fingerprint density at radius 3 is 1.47 bits per heavy atom. The van der Waals surface area contributed by atoms with Gasteiger partial charge < -0.3 is 37.7 Å². The van der Waals surface area contributed by atoms with E-state index in [9.17, 15) is 29.7 Å². The Bertz CT molecular complexity index is 247. The van der Waals surface area contributed by atoms with Gasteiger partial charge in [-0.2, -0.15) is 0 Å². The van der Waals surface area contributed by atoms with Crippen LogP contribution in [-0.4, -0.2) is 69.0 Å². The van der Waals surface area contributed by atoms with Crippen LogP contribution >= 0.6 is 0 Å². The van der Waals surface area contributed by atoms with Crippen molar-refractivity contribution < 1.29 is 37.7 Å². The molecular formula is C6H7AlMgO7. The van der Waals surface area contributed by atoms with E-state index in [0.717, 1.165) is 0 Å². The zero-order chi connectivity index (χ0) is 10.6. The van der Waals surface area contributed by atoms with E-state index in [2.05, 4.69) is 0 Å². The van der Waals surface area contributed by atoms with Gasteiger partial charge in [0, 0.05) is 24.8 Å². The summed E-state index contributed by atoms with van der Waals surface area (Å²) in [5, 5.41) is 38.9. The topological polar surface area (TPSA) is 141 Å². The van der Waals surface area contributed by atoms with Crippen LogP contribution in [-0.2, 0) is 14.4 Å². The minimum absolute atomic E-state index is 0. The summed E-state index contributed by atoms with van der Waals surface area (Å²) < 4.78 is 0. The maximum absolute atomic E-state index is 10.1. The molecule has 1 N–H and O–H groups in total. The van der Waals surface area contributed by atoms with E-state index >= 15 is 0 Å². The van der Waals surface area contributed by atoms with Crippen molar-refractivity contribution in [3.63, 3.8) is 0 Å². The van der Waals surface area contributed by atoms with Crippen LogP contribution in [0.4, 0.5) is 0 Å². The second-order valence-electron chi connectivity index (χ2n) is 2.42. The normalized spacial score (nSPS) is 9.40. The smallest absolute Gasteiger partial charge is 1.00 e. The Hall–Kier alpha value is -0.331. The van der Waals surface area contributed by atoms with Gasteiger partial charge in [-0.1, -0.05) is 0 Å². The van der Waals surface area contributed by atoms with Crippen molar-refractivity contribution in [2.45, 2.75) is 18.4 Å². The molecule has 15 heavy (non-hydrogen) atoms. The average molecular weight is 242 g/mol. The summed E-state index contributed by atoms with van der Waals surface area (Å²) in [6.07, 6.45) is -2.72. The maximum atomic E-state index is 10.1. The van der Waals surface area contributed by atoms with Crippen molar-refractivity contribution >= 4 is 58.3 Å². The van der Waals surface area contributed by atoms with Crippen molar-refractivity contribution in [1.82, 2.24) is 0 Å². The van der Waals surface area contributed by atoms with Gasteiger partial charge in [0.1, 0.15) is 5.60 Å². The molecule has 0 saturated carbocycles. The molecule has 0 rings (SSSR count). The maximum Gasteiger partial charge on any atom is 3.00 e. The third kappa shape index (κ3) is 7.58. The summed E-state index contributed by atoms with van der Waals surface area (Å²) >= 11 is 0. The van der Waals surface area contributed by atoms with Gasteiger partial charge in [0.2, 0.25) is 0 Å². The van der Waals surface area contributed by atoms with E-state index in [0.29, 0.717) is 0 Å². The summed E-state index contributed by atoms with van der Waals surface area (Å²) in [5.74, 6) is -5.98. The number of aliphatic hydroxyl groups is 1. The fourth-order valence-corrected chi connectivity index (χ4v) is 0.684. The van der Waals surface area contributed by atoms with Gasteiger partial charge in [0.05, 0.1) is 5.97 Å². The molecule has 7 nitrogen and oxygen atoms in total. The third-order valence-electron chi connectivity index (χ3n) is 1.25. The van der Waals surface area contributed by atoms with Crippen LogP contribution < -0.4 is 15.3 Å². The predicted octanol–water partition coefficient (Wildman–Crippen LogP) is -5.79. The monoisotopic (exact) mass is 242 g/mol. The van der Waals surface area contributed by atoms with Crippen molar-refractivity contribution in [2.75, 3.05) is 0 Å². The Morgan fingerprint density at radius 1 is 1.07 bits per heavy atom. The SMILES string of the molecule is O=C([O-])CC(O)(CC(=O)[O-])C(=O)[O-].[Al+3].[H-].[H-].[Mg+2]. The molecule has 78 valence electrons. The zero-order valence-corrected chi connectivity index (χ0v) is 10.2. The molecule has 0 heterocycles. The number of carbonyl (C=O) groups is 3. The van der Waals surface area contributed by atoms with Crippen LogP contribution in [0.1, 0.15) is 15.7 Å². The first-order valence-corrected chi connectivity index (χ1v) is 3.11. The number of hydrogen-bond donors (Lipinski definition) is 1. The van der Waals surface area contributed by atoms with Gasteiger partial charge in [0.15, 0.2) is 0 Å². The van der Waals surface area contributed by atoms with E-state index in [-0.39, 0.29) is 43.3 Å². The molecule has 0 aliphatic rings. The Labute approximate surface area is 114 Å². The molecule has 0 saturated heterocycles. The van der Waals surface area contributed by atoms with Gasteiger partial charge >= 0.3 is 40.4 Å². The van der Waals surface area contributed by atoms with Crippen molar-refractivity contribution in [2.24, 2.45) is 0 Å². The van der Waals surface area contributed by atoms with Crippen molar-refractivity contribution in [3.8, 4) is 0 Å². The Balaban J connectivity index is -0.000000120. The van der Waals surface area contributed by atoms with Crippen LogP contribution in [0.15, 0.2) is 0 Å². The number of carboxylic acids is 3. The predicted molar refractivity (Wildman–Crippen MR) is 42.9 cm³/mol. The second kappa shape index (κ2) is 7.90. The van der Waals surface area contributed by atoms with E-state index in [1.807, 2.05) is 0 Å². The Kier molecular flexibility index (Phi) is 10.6. The first kappa shape index (κ1) is 20.1. The molecule has 9 heteroatoms. The van der Waals surface area contributed by atoms with Crippen molar-refractivity contribution in [3.05, 3.63) is 0 Å². The summed E-state index contributed by atoms with van der Waals surface area (Å²) in [6.45, 7) is 0. The largest absolute Gasteiger partial charge is 3.00 e. The fraction of sp³-hybridized carbons (Fsp3) is 0.500. The van der Waals surface area contributed by atoms with Gasteiger partial charge in [-0.15, -0.1) is 0 Å². The van der Waals surface area contributed by atoms with Gasteiger partial charge in [-0.3, -0.25) is 0 Å². The molecular weight excluding hydrogens is 235 g/mol. The minimum atomic E-state index is -2.97. The average Bonchev–Trinajstić information content (AvgIpc) is 1.82. The molecule has 0 unspecified atom stereocenters. The number of hydrogen-bond acceptors (Lipinski definition) is 7. The summed E-state index contributed by atoms with van der Waals surface area (Å²) in [6, 6.07) is 0. The van der Waals surface area contributed by atoms with Gasteiger partial charge in [-0.05, 0) is 0 Å². The van der Waals surface area contributed by atoms with E-state index in [4.69, 9.17) is 5.11 Å². The summed E-state index contributed by atoms with van der Waals surface area (Å²) in [5.41, 5.74) is -2.97. The summed E-state index contributed by atoms with van der Waals surface area (Å²) in [4.78, 5) is 30.0. The van der Waals surface area contributed by atoms with Crippen LogP contribution in [0.25, 0.3) is 0 Å². The molecule has 0 fully saturated rings.